The van der Waals surface area contributed by atoms with Gasteiger partial charge in [0.05, 0.1) is 13.1 Å². The van der Waals surface area contributed by atoms with E-state index in [0.717, 1.165) is 38.5 Å². The smallest absolute Gasteiger partial charge is 0.422 e. The first-order chi connectivity index (χ1) is 16.0. The van der Waals surface area contributed by atoms with E-state index in [1.54, 1.807) is 30.5 Å². The van der Waals surface area contributed by atoms with Crippen LogP contribution in [0.3, 0.4) is 0 Å². The topological polar surface area (TPSA) is 101 Å². The number of ether oxygens (including phenoxy) is 1. The number of hydrogen-bond donors (Lipinski definition) is 2. The molecule has 3 saturated heterocycles. The molecule has 0 radical (unpaired) electrons. The van der Waals surface area contributed by atoms with Crippen LogP contribution < -0.4 is 22.3 Å². The SMILES string of the molecule is O=C(OC1C[N+]2(C(=O)Nc3cccnn3)CCC1CC2)[C@](O)(c1ccccc1)C1CCCC1.[Br-]. The zero-order chi connectivity index (χ0) is 22.9. The van der Waals surface area contributed by atoms with E-state index in [4.69, 9.17) is 4.74 Å². The van der Waals surface area contributed by atoms with Gasteiger partial charge in [-0.25, -0.2) is 14.1 Å². The van der Waals surface area contributed by atoms with Gasteiger partial charge in [-0.1, -0.05) is 43.2 Å². The Bertz CT molecular complexity index is 994. The van der Waals surface area contributed by atoms with Crippen molar-refractivity contribution < 1.29 is 40.9 Å². The highest BCUT2D eigenvalue weighted by molar-refractivity contribution is 5.83. The van der Waals surface area contributed by atoms with Crippen molar-refractivity contribution in [1.29, 1.82) is 0 Å². The number of piperidine rings is 3. The van der Waals surface area contributed by atoms with Crippen LogP contribution in [0, 0.1) is 11.8 Å². The highest BCUT2D eigenvalue weighted by Crippen LogP contribution is 2.43. The quantitative estimate of drug-likeness (QED) is 0.424. The van der Waals surface area contributed by atoms with Crippen molar-refractivity contribution in [3.8, 4) is 0 Å². The Morgan fingerprint density at radius 2 is 1.74 bits per heavy atom. The minimum Gasteiger partial charge on any atom is -1.00 e. The first-order valence-corrected chi connectivity index (χ1v) is 12.0. The Morgan fingerprint density at radius 3 is 2.38 bits per heavy atom. The third-order valence-corrected chi connectivity index (χ3v) is 7.88. The molecule has 9 heteroatoms. The van der Waals surface area contributed by atoms with Gasteiger partial charge >= 0.3 is 12.0 Å². The first-order valence-electron chi connectivity index (χ1n) is 12.0. The zero-order valence-corrected chi connectivity index (χ0v) is 20.7. The van der Waals surface area contributed by atoms with Crippen molar-refractivity contribution >= 4 is 17.8 Å². The van der Waals surface area contributed by atoms with Crippen LogP contribution in [0.2, 0.25) is 0 Å². The minimum atomic E-state index is -1.66. The largest absolute Gasteiger partial charge is 1.00 e. The van der Waals surface area contributed by atoms with Gasteiger partial charge in [-0.15, -0.1) is 5.10 Å². The number of carbonyl (C=O) groups is 2. The molecule has 2 aromatic rings. The van der Waals surface area contributed by atoms with Crippen LogP contribution in [0.15, 0.2) is 48.7 Å². The standard InChI is InChI=1S/C25H30N4O4.BrH/c30-23(25(32,20-9-4-5-10-20)19-7-2-1-3-8-19)33-21-17-29(15-12-18(21)13-16-29)24(31)27-22-11-6-14-26-28-22;/h1-3,6-8,11,14,18,20-21,32H,4-5,9-10,12-13,15-17H2;1H/t18?,21?,25-,29?;/m0./s1. The van der Waals surface area contributed by atoms with Crippen LogP contribution in [-0.2, 0) is 15.1 Å². The number of aromatic nitrogens is 2. The van der Waals surface area contributed by atoms with Gasteiger partial charge in [-0.2, -0.15) is 5.10 Å². The Hall–Kier alpha value is -2.36. The summed E-state index contributed by atoms with van der Waals surface area (Å²) in [6, 6.07) is 12.4. The summed E-state index contributed by atoms with van der Waals surface area (Å²) in [7, 11) is 0. The lowest BCUT2D eigenvalue weighted by atomic mass is 9.79. The Kier molecular flexibility index (Phi) is 7.35. The van der Waals surface area contributed by atoms with Crippen LogP contribution in [-0.4, -0.2) is 57.5 Å². The van der Waals surface area contributed by atoms with Crippen molar-refractivity contribution in [3.05, 3.63) is 54.2 Å². The predicted octanol–water partition coefficient (Wildman–Crippen LogP) is 0.243. The van der Waals surface area contributed by atoms with Crippen molar-refractivity contribution in [2.24, 2.45) is 11.8 Å². The summed E-state index contributed by atoms with van der Waals surface area (Å²) >= 11 is 0. The number of fused-ring (bicyclic) bond motifs is 3. The number of amides is 2. The van der Waals surface area contributed by atoms with E-state index in [1.165, 1.54) is 0 Å². The molecule has 6 rings (SSSR count). The summed E-state index contributed by atoms with van der Waals surface area (Å²) in [5.41, 5.74) is -1.07. The number of hydrogen-bond acceptors (Lipinski definition) is 6. The van der Waals surface area contributed by atoms with Crippen molar-refractivity contribution in [3.63, 3.8) is 0 Å². The number of esters is 1. The number of nitrogens with one attached hydrogen (secondary N) is 1. The van der Waals surface area contributed by atoms with Crippen LogP contribution in [0.1, 0.15) is 44.1 Å². The fourth-order valence-corrected chi connectivity index (χ4v) is 5.93. The highest BCUT2D eigenvalue weighted by atomic mass is 79.9. The van der Waals surface area contributed by atoms with Crippen molar-refractivity contribution in [1.82, 2.24) is 10.2 Å². The summed E-state index contributed by atoms with van der Waals surface area (Å²) in [6.45, 7) is 1.82. The molecule has 2 atom stereocenters. The maximum atomic E-state index is 13.6. The molecule has 4 aliphatic rings. The Balaban J connectivity index is 0.00000274. The van der Waals surface area contributed by atoms with Gasteiger partial charge in [0.15, 0.2) is 17.5 Å². The number of aliphatic hydroxyl groups is 1. The molecule has 1 aliphatic carbocycles. The van der Waals surface area contributed by atoms with E-state index in [2.05, 4.69) is 15.5 Å². The van der Waals surface area contributed by atoms with E-state index in [9.17, 15) is 14.7 Å². The molecule has 2 bridgehead atoms. The number of urea groups is 1. The summed E-state index contributed by atoms with van der Waals surface area (Å²) in [5, 5.41) is 22.4. The second kappa shape index (κ2) is 10.1. The number of halogens is 1. The van der Waals surface area contributed by atoms with Gasteiger partial charge < -0.3 is 26.8 Å². The van der Waals surface area contributed by atoms with E-state index in [1.807, 2.05) is 18.2 Å². The summed E-state index contributed by atoms with van der Waals surface area (Å²) < 4.78 is 6.28. The number of anilines is 1. The molecule has 1 aromatic carbocycles. The van der Waals surface area contributed by atoms with E-state index >= 15 is 0 Å². The third-order valence-electron chi connectivity index (χ3n) is 7.88. The third kappa shape index (κ3) is 4.48. The highest BCUT2D eigenvalue weighted by Gasteiger charge is 2.55. The lowest BCUT2D eigenvalue weighted by molar-refractivity contribution is -0.869. The Labute approximate surface area is 210 Å². The molecule has 2 N–H and O–H groups in total. The van der Waals surface area contributed by atoms with Gasteiger partial charge in [0.2, 0.25) is 0 Å². The fraction of sp³-hybridized carbons (Fsp3) is 0.520. The predicted molar refractivity (Wildman–Crippen MR) is 121 cm³/mol. The van der Waals surface area contributed by atoms with Crippen LogP contribution in [0.25, 0.3) is 0 Å². The van der Waals surface area contributed by atoms with E-state index < -0.39 is 17.7 Å². The van der Waals surface area contributed by atoms with Gasteiger partial charge in [0.25, 0.3) is 0 Å². The first kappa shape index (κ1) is 24.8. The van der Waals surface area contributed by atoms with Gasteiger partial charge in [-0.3, -0.25) is 5.32 Å². The minimum absolute atomic E-state index is 0. The maximum absolute atomic E-state index is 13.6. The monoisotopic (exact) mass is 530 g/mol. The molecule has 3 aliphatic heterocycles. The van der Waals surface area contributed by atoms with E-state index in [-0.39, 0.29) is 39.3 Å². The number of rotatable bonds is 5. The molecule has 4 heterocycles. The average Bonchev–Trinajstić information content (AvgIpc) is 3.41. The molecular weight excluding hydrogens is 500 g/mol. The van der Waals surface area contributed by atoms with Crippen LogP contribution in [0.4, 0.5) is 10.6 Å². The molecular formula is C25H31BrN4O4. The molecule has 1 aromatic heterocycles. The molecule has 2 amide bonds. The number of nitrogens with zero attached hydrogens (tertiary/aromatic N) is 3. The molecule has 1 saturated carbocycles. The van der Waals surface area contributed by atoms with Gasteiger partial charge in [-0.05, 0) is 30.5 Å². The number of quaternary nitrogens is 1. The van der Waals surface area contributed by atoms with Crippen molar-refractivity contribution in [2.45, 2.75) is 50.2 Å². The number of carbonyl (C=O) groups excluding carboxylic acids is 2. The van der Waals surface area contributed by atoms with Crippen LogP contribution in [0.5, 0.6) is 0 Å². The lowest BCUT2D eigenvalue weighted by Gasteiger charge is -2.49. The van der Waals surface area contributed by atoms with Gasteiger partial charge in [0, 0.05) is 30.9 Å². The normalized spacial score (nSPS) is 27.9. The summed E-state index contributed by atoms with van der Waals surface area (Å²) in [6.07, 6.45) is 6.37. The lowest BCUT2D eigenvalue weighted by Crippen LogP contribution is -3.00. The maximum Gasteiger partial charge on any atom is 0.422 e. The van der Waals surface area contributed by atoms with Crippen LogP contribution >= 0.6 is 0 Å². The van der Waals surface area contributed by atoms with Crippen molar-refractivity contribution in [2.75, 3.05) is 25.0 Å². The summed E-state index contributed by atoms with van der Waals surface area (Å²) in [5.74, 6) is -0.110. The average molecular weight is 531 g/mol. The second-order valence-corrected chi connectivity index (χ2v) is 9.71. The zero-order valence-electron chi connectivity index (χ0n) is 19.1. The van der Waals surface area contributed by atoms with Gasteiger partial charge in [0.1, 0.15) is 6.54 Å². The molecule has 34 heavy (non-hydrogen) atoms. The second-order valence-electron chi connectivity index (χ2n) is 9.71. The number of benzene rings is 1. The fourth-order valence-electron chi connectivity index (χ4n) is 5.93. The summed E-state index contributed by atoms with van der Waals surface area (Å²) in [4.78, 5) is 26.8. The molecule has 8 nitrogen and oxygen atoms in total. The Morgan fingerprint density at radius 1 is 1.03 bits per heavy atom. The van der Waals surface area contributed by atoms with E-state index in [0.29, 0.717) is 31.0 Å². The molecule has 182 valence electrons. The molecule has 1 unspecified atom stereocenters. The molecule has 0 spiro atoms. The molecule has 4 fully saturated rings.